The Balaban J connectivity index is 1.81. The maximum atomic E-state index is 12.1. The molecule has 2 aromatic carbocycles. The molecule has 0 spiro atoms. The fraction of sp³-hybridized carbons (Fsp3) is 0.389. The van der Waals surface area contributed by atoms with Crippen LogP contribution in [0.3, 0.4) is 0 Å². The number of aliphatic hydroxyl groups is 1. The summed E-state index contributed by atoms with van der Waals surface area (Å²) in [6, 6.07) is 11.4. The largest absolute Gasteiger partial charge is 0.463 e. The van der Waals surface area contributed by atoms with Gasteiger partial charge < -0.3 is 14.6 Å². The Kier molecular flexibility index (Phi) is 7.92. The molecule has 0 heterocycles. The van der Waals surface area contributed by atoms with Crippen LogP contribution in [0.1, 0.15) is 24.0 Å². The molecule has 0 aliphatic carbocycles. The van der Waals surface area contributed by atoms with Gasteiger partial charge in [-0.15, -0.1) is 0 Å². The van der Waals surface area contributed by atoms with Crippen LogP contribution < -0.4 is 0 Å². The summed E-state index contributed by atoms with van der Waals surface area (Å²) in [6.07, 6.45) is 0. The predicted molar refractivity (Wildman–Crippen MR) is 91.4 cm³/mol. The molecule has 142 valence electrons. The van der Waals surface area contributed by atoms with Gasteiger partial charge in [0.1, 0.15) is 6.61 Å². The van der Waals surface area contributed by atoms with Crippen molar-refractivity contribution >= 4 is 16.7 Å². The summed E-state index contributed by atoms with van der Waals surface area (Å²) in [6.45, 7) is 2.14. The summed E-state index contributed by atoms with van der Waals surface area (Å²) in [5.74, 6) is -0.773. The topological polar surface area (TPSA) is 109 Å². The number of hydrogen-bond acceptors (Lipinski definition) is 8. The Hall–Kier alpha value is -2.07. The van der Waals surface area contributed by atoms with E-state index in [-0.39, 0.29) is 44.4 Å². The van der Waals surface area contributed by atoms with Crippen molar-refractivity contribution in [2.24, 2.45) is 0 Å². The van der Waals surface area contributed by atoms with Crippen LogP contribution in [-0.2, 0) is 25.7 Å². The molecular weight excluding hydrogens is 342 g/mol. The van der Waals surface area contributed by atoms with Gasteiger partial charge in [0, 0.05) is 0 Å². The first-order chi connectivity index (χ1) is 12.5. The van der Waals surface area contributed by atoms with Gasteiger partial charge in [-0.25, -0.2) is 4.84 Å². The number of nitrogens with zero attached hydrogens (tertiary/aromatic N) is 1. The lowest BCUT2D eigenvalue weighted by atomic mass is 9.97. The van der Waals surface area contributed by atoms with Crippen molar-refractivity contribution in [3.63, 3.8) is 0 Å². The molecule has 1 unspecified atom stereocenters. The van der Waals surface area contributed by atoms with Crippen molar-refractivity contribution in [3.05, 3.63) is 47.5 Å². The zero-order valence-electron chi connectivity index (χ0n) is 14.5. The van der Waals surface area contributed by atoms with E-state index >= 15 is 0 Å². The molecule has 0 saturated carbocycles. The Morgan fingerprint density at radius 2 is 1.73 bits per heavy atom. The summed E-state index contributed by atoms with van der Waals surface area (Å²) in [4.78, 5) is 16.5. The fourth-order valence-corrected chi connectivity index (χ4v) is 2.42. The number of carbonyl (C=O) groups is 1. The summed E-state index contributed by atoms with van der Waals surface area (Å²) < 4.78 is 10.3. The summed E-state index contributed by atoms with van der Waals surface area (Å²) >= 11 is 0. The maximum absolute atomic E-state index is 12.1. The molecule has 0 saturated heterocycles. The number of ether oxygens (including phenoxy) is 2. The lowest BCUT2D eigenvalue weighted by Crippen LogP contribution is -2.20. The van der Waals surface area contributed by atoms with E-state index in [2.05, 4.69) is 4.84 Å². The highest BCUT2D eigenvalue weighted by Crippen LogP contribution is 2.23. The molecule has 0 aliphatic rings. The van der Waals surface area contributed by atoms with E-state index < -0.39 is 5.92 Å². The molecule has 0 bridgehead atoms. The smallest absolute Gasteiger partial charge is 0.313 e. The molecule has 26 heavy (non-hydrogen) atoms. The molecule has 0 amide bonds. The van der Waals surface area contributed by atoms with Crippen LogP contribution in [0, 0.1) is 0 Å². The van der Waals surface area contributed by atoms with Crippen LogP contribution in [0.15, 0.2) is 36.4 Å². The van der Waals surface area contributed by atoms with Crippen LogP contribution in [0.4, 0.5) is 0 Å². The minimum absolute atomic E-state index is 0.00707. The second-order valence-corrected chi connectivity index (χ2v) is 5.69. The molecule has 3 N–H and O–H groups in total. The number of rotatable bonds is 10. The number of benzene rings is 2. The first-order valence-corrected chi connectivity index (χ1v) is 8.20. The molecule has 2 rings (SSSR count). The van der Waals surface area contributed by atoms with Gasteiger partial charge in [0.2, 0.25) is 0 Å². The van der Waals surface area contributed by atoms with Crippen LogP contribution in [-0.4, -0.2) is 53.3 Å². The standard InChI is InChI=1S/C18H23NO7/c1-13(18(21)25-8-6-24-7-9-26-19(22)23)15-4-5-16-10-14(12-20)2-3-17(16)11-15/h2-5,10-11,13,20,22-23H,6-9,12H2,1H3. The van der Waals surface area contributed by atoms with Crippen LogP contribution in [0.25, 0.3) is 10.8 Å². The van der Waals surface area contributed by atoms with E-state index in [1.54, 1.807) is 6.92 Å². The Bertz CT molecular complexity index is 720. The van der Waals surface area contributed by atoms with Gasteiger partial charge >= 0.3 is 5.97 Å². The van der Waals surface area contributed by atoms with Gasteiger partial charge in [0.25, 0.3) is 0 Å². The number of esters is 1. The molecule has 2 aromatic rings. The van der Waals surface area contributed by atoms with Crippen molar-refractivity contribution in [1.29, 1.82) is 0 Å². The van der Waals surface area contributed by atoms with E-state index in [0.29, 0.717) is 0 Å². The first kappa shape index (κ1) is 20.2. The fourth-order valence-electron chi connectivity index (χ4n) is 2.42. The van der Waals surface area contributed by atoms with Crippen molar-refractivity contribution in [2.45, 2.75) is 19.4 Å². The number of aliphatic hydroxyl groups excluding tert-OH is 1. The van der Waals surface area contributed by atoms with Gasteiger partial charge in [-0.1, -0.05) is 30.3 Å². The van der Waals surface area contributed by atoms with Crippen molar-refractivity contribution < 1.29 is 34.6 Å². The van der Waals surface area contributed by atoms with Crippen LogP contribution in [0.5, 0.6) is 0 Å². The first-order valence-electron chi connectivity index (χ1n) is 8.20. The Labute approximate surface area is 151 Å². The highest BCUT2D eigenvalue weighted by Gasteiger charge is 2.17. The maximum Gasteiger partial charge on any atom is 0.313 e. The van der Waals surface area contributed by atoms with E-state index in [9.17, 15) is 9.90 Å². The van der Waals surface area contributed by atoms with Crippen LogP contribution >= 0.6 is 0 Å². The average molecular weight is 365 g/mol. The molecular formula is C18H23NO7. The Morgan fingerprint density at radius 1 is 1.04 bits per heavy atom. The summed E-state index contributed by atoms with van der Waals surface area (Å²) in [7, 11) is 0. The van der Waals surface area contributed by atoms with Crippen LogP contribution in [0.2, 0.25) is 0 Å². The SMILES string of the molecule is CC(C(=O)OCCOCCON(O)O)c1ccc2cc(CO)ccc2c1. The summed E-state index contributed by atoms with van der Waals surface area (Å²) in [5.41, 5.74) is 1.69. The lowest BCUT2D eigenvalue weighted by Gasteiger charge is -2.13. The third kappa shape index (κ3) is 6.03. The van der Waals surface area contributed by atoms with Gasteiger partial charge in [0.05, 0.1) is 37.7 Å². The highest BCUT2D eigenvalue weighted by molar-refractivity contribution is 5.86. The second-order valence-electron chi connectivity index (χ2n) is 5.69. The lowest BCUT2D eigenvalue weighted by molar-refractivity contribution is -0.493. The van der Waals surface area contributed by atoms with E-state index in [1.807, 2.05) is 36.4 Å². The predicted octanol–water partition coefficient (Wildman–Crippen LogP) is 2.01. The number of hydrogen-bond donors (Lipinski definition) is 3. The van der Waals surface area contributed by atoms with Crippen molar-refractivity contribution in [3.8, 4) is 0 Å². The molecule has 0 fully saturated rings. The van der Waals surface area contributed by atoms with E-state index in [0.717, 1.165) is 21.9 Å². The Morgan fingerprint density at radius 3 is 2.46 bits per heavy atom. The zero-order valence-corrected chi connectivity index (χ0v) is 14.5. The monoisotopic (exact) mass is 365 g/mol. The van der Waals surface area contributed by atoms with Gasteiger partial charge in [-0.3, -0.25) is 15.2 Å². The third-order valence-electron chi connectivity index (χ3n) is 3.87. The molecule has 1 atom stereocenters. The highest BCUT2D eigenvalue weighted by atomic mass is 17.1. The second kappa shape index (κ2) is 10.2. The normalized spacial score (nSPS) is 12.5. The van der Waals surface area contributed by atoms with E-state index in [4.69, 9.17) is 19.9 Å². The minimum Gasteiger partial charge on any atom is -0.463 e. The van der Waals surface area contributed by atoms with Gasteiger partial charge in [0.15, 0.2) is 0 Å². The minimum atomic E-state index is -0.419. The zero-order chi connectivity index (χ0) is 18.9. The molecule has 8 heteroatoms. The third-order valence-corrected chi connectivity index (χ3v) is 3.87. The van der Waals surface area contributed by atoms with Crippen molar-refractivity contribution in [2.75, 3.05) is 26.4 Å². The van der Waals surface area contributed by atoms with Crippen molar-refractivity contribution in [1.82, 2.24) is 5.39 Å². The number of carbonyl (C=O) groups excluding carboxylic acids is 1. The molecule has 0 radical (unpaired) electrons. The average Bonchev–Trinajstić information content (AvgIpc) is 2.65. The van der Waals surface area contributed by atoms with Gasteiger partial charge in [-0.05, 0) is 34.9 Å². The molecule has 8 nitrogen and oxygen atoms in total. The number of fused-ring (bicyclic) bond motifs is 1. The molecule has 0 aromatic heterocycles. The van der Waals surface area contributed by atoms with E-state index in [1.165, 1.54) is 0 Å². The summed E-state index contributed by atoms with van der Waals surface area (Å²) in [5, 5.41) is 27.4. The van der Waals surface area contributed by atoms with Gasteiger partial charge in [-0.2, -0.15) is 0 Å². The molecule has 0 aliphatic heterocycles. The quantitative estimate of drug-likeness (QED) is 0.333.